The van der Waals surface area contributed by atoms with E-state index >= 15 is 0 Å². The van der Waals surface area contributed by atoms with Gasteiger partial charge in [-0.1, -0.05) is 5.18 Å². The Morgan fingerprint density at radius 2 is 2.67 bits per heavy atom. The molecule has 0 atom stereocenters. The van der Waals surface area contributed by atoms with Gasteiger partial charge in [-0.15, -0.1) is 0 Å². The molecule has 0 bridgehead atoms. The lowest BCUT2D eigenvalue weighted by Crippen LogP contribution is -1.75. The summed E-state index contributed by atoms with van der Waals surface area (Å²) in [6.45, 7) is 1.79. The molecule has 4 nitrogen and oxygen atoms in total. The molecule has 0 fully saturated rings. The van der Waals surface area contributed by atoms with Crippen molar-refractivity contribution in [1.29, 1.82) is 0 Å². The maximum atomic E-state index is 9.63. The van der Waals surface area contributed by atoms with E-state index in [1.165, 1.54) is 0 Å². The molecule has 1 heterocycles. The van der Waals surface area contributed by atoms with Gasteiger partial charge in [-0.25, -0.2) is 4.98 Å². The van der Waals surface area contributed by atoms with Gasteiger partial charge in [0.1, 0.15) is 5.76 Å². The minimum Gasteiger partial charge on any atom is -0.444 e. The van der Waals surface area contributed by atoms with Crippen LogP contribution in [0, 0.1) is 11.8 Å². The first-order chi connectivity index (χ1) is 4.33. The number of oxazole rings is 1. The number of nitrogens with zero attached hydrogens (tertiary/aromatic N) is 2. The highest BCUT2D eigenvalue weighted by atomic mass is 16.4. The van der Waals surface area contributed by atoms with Crippen molar-refractivity contribution in [2.24, 2.45) is 5.18 Å². The van der Waals surface area contributed by atoms with Crippen molar-refractivity contribution in [2.45, 2.75) is 13.5 Å². The van der Waals surface area contributed by atoms with Gasteiger partial charge in [0.15, 0.2) is 6.54 Å². The highest BCUT2D eigenvalue weighted by Crippen LogP contribution is 2.01. The van der Waals surface area contributed by atoms with E-state index in [4.69, 9.17) is 4.42 Å². The monoisotopic (exact) mass is 126 g/mol. The molecule has 0 aliphatic carbocycles. The highest BCUT2D eigenvalue weighted by Gasteiger charge is 1.97. The molecule has 0 radical (unpaired) electrons. The summed E-state index contributed by atoms with van der Waals surface area (Å²) in [4.78, 5) is 13.4. The van der Waals surface area contributed by atoms with E-state index in [2.05, 4.69) is 10.2 Å². The fraction of sp³-hybridized carbons (Fsp3) is 0.400. The molecule has 9 heavy (non-hydrogen) atoms. The zero-order chi connectivity index (χ0) is 6.69. The van der Waals surface area contributed by atoms with Gasteiger partial charge >= 0.3 is 0 Å². The summed E-state index contributed by atoms with van der Waals surface area (Å²) in [5, 5.41) is 2.61. The molecule has 0 amide bonds. The Hall–Kier alpha value is -1.19. The Morgan fingerprint density at radius 1 is 1.89 bits per heavy atom. The van der Waals surface area contributed by atoms with E-state index in [1.807, 2.05) is 0 Å². The van der Waals surface area contributed by atoms with E-state index in [0.29, 0.717) is 11.7 Å². The molecular weight excluding hydrogens is 120 g/mol. The Labute approximate surface area is 51.9 Å². The molecule has 1 aromatic heterocycles. The fourth-order valence-corrected chi connectivity index (χ4v) is 0.530. The third kappa shape index (κ3) is 1.35. The summed E-state index contributed by atoms with van der Waals surface area (Å²) >= 11 is 0. The molecule has 0 aromatic carbocycles. The third-order valence-electron chi connectivity index (χ3n) is 0.869. The third-order valence-corrected chi connectivity index (χ3v) is 0.869. The molecule has 0 aliphatic rings. The molecule has 4 heteroatoms. The van der Waals surface area contributed by atoms with Crippen LogP contribution >= 0.6 is 0 Å². The SMILES string of the molecule is Cc1cnc(CN=O)o1. The summed E-state index contributed by atoms with van der Waals surface area (Å²) in [6.07, 6.45) is 1.56. The normalized spacial score (nSPS) is 9.44. The predicted molar refractivity (Wildman–Crippen MR) is 30.7 cm³/mol. The summed E-state index contributed by atoms with van der Waals surface area (Å²) in [5.74, 6) is 1.08. The average molecular weight is 126 g/mol. The van der Waals surface area contributed by atoms with E-state index in [-0.39, 0.29) is 6.54 Å². The second-order valence-corrected chi connectivity index (χ2v) is 1.65. The topological polar surface area (TPSA) is 55.5 Å². The van der Waals surface area contributed by atoms with Crippen LogP contribution in [0.4, 0.5) is 0 Å². The lowest BCUT2D eigenvalue weighted by molar-refractivity contribution is 0.473. The quantitative estimate of drug-likeness (QED) is 0.560. The summed E-state index contributed by atoms with van der Waals surface area (Å²) in [6, 6.07) is 0. The van der Waals surface area contributed by atoms with Crippen LogP contribution in [0.2, 0.25) is 0 Å². The Bertz CT molecular complexity index is 206. The average Bonchev–Trinajstić information content (AvgIpc) is 2.17. The molecule has 1 rings (SSSR count). The van der Waals surface area contributed by atoms with Gasteiger partial charge in [0.25, 0.3) is 0 Å². The van der Waals surface area contributed by atoms with Gasteiger partial charge < -0.3 is 4.42 Å². The van der Waals surface area contributed by atoms with Crippen LogP contribution in [0.5, 0.6) is 0 Å². The Kier molecular flexibility index (Phi) is 1.58. The number of hydrogen-bond donors (Lipinski definition) is 0. The molecular formula is C5H6N2O2. The van der Waals surface area contributed by atoms with Crippen molar-refractivity contribution in [3.05, 3.63) is 22.8 Å². The number of hydrogen-bond acceptors (Lipinski definition) is 4. The van der Waals surface area contributed by atoms with Crippen LogP contribution in [-0.2, 0) is 6.54 Å². The molecule has 0 spiro atoms. The van der Waals surface area contributed by atoms with Crippen molar-refractivity contribution in [2.75, 3.05) is 0 Å². The molecule has 0 saturated carbocycles. The van der Waals surface area contributed by atoms with E-state index < -0.39 is 0 Å². The zero-order valence-corrected chi connectivity index (χ0v) is 5.00. The number of nitroso groups, excluding NO2 is 1. The van der Waals surface area contributed by atoms with Crippen molar-refractivity contribution >= 4 is 0 Å². The van der Waals surface area contributed by atoms with Crippen LogP contribution in [0.25, 0.3) is 0 Å². The molecule has 0 N–H and O–H groups in total. The van der Waals surface area contributed by atoms with Gasteiger partial charge in [-0.2, -0.15) is 4.91 Å². The zero-order valence-electron chi connectivity index (χ0n) is 5.00. The van der Waals surface area contributed by atoms with Crippen LogP contribution in [0.3, 0.4) is 0 Å². The summed E-state index contributed by atoms with van der Waals surface area (Å²) < 4.78 is 4.92. The maximum absolute atomic E-state index is 9.63. The smallest absolute Gasteiger partial charge is 0.219 e. The first-order valence-electron chi connectivity index (χ1n) is 2.53. The van der Waals surface area contributed by atoms with E-state index in [1.54, 1.807) is 13.1 Å². The largest absolute Gasteiger partial charge is 0.444 e. The highest BCUT2D eigenvalue weighted by molar-refractivity contribution is 4.89. The van der Waals surface area contributed by atoms with Crippen molar-refractivity contribution in [3.8, 4) is 0 Å². The molecule has 1 aromatic rings. The van der Waals surface area contributed by atoms with Crippen LogP contribution in [0.15, 0.2) is 15.8 Å². The lowest BCUT2D eigenvalue weighted by atomic mass is 10.6. The second-order valence-electron chi connectivity index (χ2n) is 1.65. The first-order valence-corrected chi connectivity index (χ1v) is 2.53. The fourth-order valence-electron chi connectivity index (χ4n) is 0.530. The molecule has 0 unspecified atom stereocenters. The number of rotatable bonds is 2. The van der Waals surface area contributed by atoms with Crippen molar-refractivity contribution < 1.29 is 4.42 Å². The van der Waals surface area contributed by atoms with Crippen LogP contribution in [-0.4, -0.2) is 4.98 Å². The second kappa shape index (κ2) is 2.39. The maximum Gasteiger partial charge on any atom is 0.219 e. The number of aromatic nitrogens is 1. The van der Waals surface area contributed by atoms with E-state index in [9.17, 15) is 4.91 Å². The van der Waals surface area contributed by atoms with Gasteiger partial charge in [0.2, 0.25) is 5.89 Å². The number of aryl methyl sites for hydroxylation is 1. The molecule has 0 aliphatic heterocycles. The standard InChI is InChI=1S/C5H6N2O2/c1-4-2-6-5(9-4)3-7-8/h2H,3H2,1H3. The van der Waals surface area contributed by atoms with Crippen molar-refractivity contribution in [3.63, 3.8) is 0 Å². The first kappa shape index (κ1) is 5.94. The van der Waals surface area contributed by atoms with Gasteiger partial charge in [0, 0.05) is 0 Å². The minimum atomic E-state index is 0.0217. The van der Waals surface area contributed by atoms with Crippen molar-refractivity contribution in [1.82, 2.24) is 4.98 Å². The Morgan fingerprint density at radius 3 is 3.11 bits per heavy atom. The van der Waals surface area contributed by atoms with Crippen LogP contribution < -0.4 is 0 Å². The van der Waals surface area contributed by atoms with Crippen LogP contribution in [0.1, 0.15) is 11.7 Å². The predicted octanol–water partition coefficient (Wildman–Crippen LogP) is 1.25. The van der Waals surface area contributed by atoms with Gasteiger partial charge in [0.05, 0.1) is 6.20 Å². The Balaban J connectivity index is 2.72. The minimum absolute atomic E-state index is 0.0217. The lowest BCUT2D eigenvalue weighted by Gasteiger charge is -1.79. The molecule has 0 saturated heterocycles. The van der Waals surface area contributed by atoms with Gasteiger partial charge in [-0.05, 0) is 6.92 Å². The summed E-state index contributed by atoms with van der Waals surface area (Å²) in [5.41, 5.74) is 0. The summed E-state index contributed by atoms with van der Waals surface area (Å²) in [7, 11) is 0. The molecule has 48 valence electrons. The van der Waals surface area contributed by atoms with Gasteiger partial charge in [-0.3, -0.25) is 0 Å². The van der Waals surface area contributed by atoms with E-state index in [0.717, 1.165) is 0 Å².